The summed E-state index contributed by atoms with van der Waals surface area (Å²) in [5.41, 5.74) is -3.89. The van der Waals surface area contributed by atoms with E-state index in [0.29, 0.717) is 44.9 Å². The highest BCUT2D eigenvalue weighted by molar-refractivity contribution is 14.1. The molecule has 0 amide bonds. The Morgan fingerprint density at radius 3 is 1.42 bits per heavy atom. The fourth-order valence-corrected chi connectivity index (χ4v) is 16.6. The molecule has 31 unspecified atom stereocenters. The molecule has 526 valence electrons. The van der Waals surface area contributed by atoms with Gasteiger partial charge in [-0.3, -0.25) is 4.79 Å². The molecule has 3 aliphatic carbocycles. The zero-order chi connectivity index (χ0) is 66.6. The Hall–Kier alpha value is -1.26. The summed E-state index contributed by atoms with van der Waals surface area (Å²) in [7, 11) is 0. The van der Waals surface area contributed by atoms with E-state index in [1.807, 2.05) is 29.5 Å². The monoisotopic (exact) mass is 1430 g/mol. The lowest BCUT2D eigenvalue weighted by atomic mass is 9.39. The molecule has 6 aliphatic heterocycles. The number of ether oxygens (including phenoxy) is 13. The summed E-state index contributed by atoms with van der Waals surface area (Å²) >= 11 is 1.86. The van der Waals surface area contributed by atoms with Crippen LogP contribution >= 0.6 is 22.6 Å². The first-order valence-corrected chi connectivity index (χ1v) is 32.8. The minimum atomic E-state index is -2.03. The van der Waals surface area contributed by atoms with Crippen LogP contribution in [0.3, 0.4) is 0 Å². The minimum absolute atomic E-state index is 0.0289. The Morgan fingerprint density at radius 1 is 0.495 bits per heavy atom. The number of esters is 1. The van der Waals surface area contributed by atoms with E-state index in [0.717, 1.165) is 0 Å². The summed E-state index contributed by atoms with van der Waals surface area (Å²) in [5.74, 6) is -1.38. The predicted molar refractivity (Wildman–Crippen MR) is 307 cm³/mol. The molecule has 0 bridgehead atoms. The van der Waals surface area contributed by atoms with Gasteiger partial charge in [-0.2, -0.15) is 0 Å². The molecule has 9 fully saturated rings. The van der Waals surface area contributed by atoms with Gasteiger partial charge >= 0.3 is 5.97 Å². The van der Waals surface area contributed by atoms with Gasteiger partial charge < -0.3 is 153 Å². The largest absolute Gasteiger partial charge is 0.432 e. The van der Waals surface area contributed by atoms with Crippen LogP contribution in [0.1, 0.15) is 85.5 Å². The molecule has 0 aromatic carbocycles. The second kappa shape index (κ2) is 30.1. The molecule has 33 heteroatoms. The van der Waals surface area contributed by atoms with Gasteiger partial charge in [0.25, 0.3) is 0 Å². The average molecular weight is 1430 g/mol. The van der Waals surface area contributed by atoms with Crippen LogP contribution in [0.5, 0.6) is 0 Å². The molecule has 0 spiro atoms. The fourth-order valence-electron chi connectivity index (χ4n) is 16.2. The summed E-state index contributed by atoms with van der Waals surface area (Å²) < 4.78 is 79.4. The summed E-state index contributed by atoms with van der Waals surface area (Å²) in [6, 6.07) is 0. The van der Waals surface area contributed by atoms with Crippen LogP contribution in [0.4, 0.5) is 0 Å². The molecule has 6 saturated heterocycles. The van der Waals surface area contributed by atoms with Gasteiger partial charge in [0.2, 0.25) is 6.29 Å². The number of hydrogen-bond donors (Lipinski definition) is 18. The van der Waals surface area contributed by atoms with Crippen LogP contribution < -0.4 is 0 Å². The van der Waals surface area contributed by atoms with Crippen molar-refractivity contribution in [3.05, 3.63) is 12.7 Å². The normalized spacial score (nSPS) is 53.0. The Balaban J connectivity index is 0.998. The van der Waals surface area contributed by atoms with E-state index in [1.165, 1.54) is 6.92 Å². The van der Waals surface area contributed by atoms with Crippen molar-refractivity contribution < 1.29 is 158 Å². The lowest BCUT2D eigenvalue weighted by molar-refractivity contribution is -0.401. The second-order valence-electron chi connectivity index (χ2n) is 26.5. The van der Waals surface area contributed by atoms with Gasteiger partial charge in [0.15, 0.2) is 37.6 Å². The van der Waals surface area contributed by atoms with E-state index in [1.54, 1.807) is 13.0 Å². The number of alkyl halides is 1. The van der Waals surface area contributed by atoms with E-state index in [2.05, 4.69) is 13.5 Å². The van der Waals surface area contributed by atoms with Crippen LogP contribution in [0.15, 0.2) is 12.7 Å². The lowest BCUT2D eigenvalue weighted by Crippen LogP contribution is -2.68. The van der Waals surface area contributed by atoms with Crippen LogP contribution in [0, 0.1) is 28.1 Å². The topological polar surface area (TPSA) is 501 Å². The standard InChI is InChI=1S/C58H95IO32/c1-6-57-13-9-28-55(4,11-8-12-56(28,5)54(78)90-52-46(88-48-39(74)35(70)30(65)22(3)80-48)44(33(68)25(17-62)83-52)86-49-40(75)36(71)31(66)23(15-60)81-49)29(57)10-14-58(7-2,20-57)91-53-47(89-50-41(76)37(72)32(67)24(16-61)82-50)45(34(69)26(18-63)84-53)87-51-42(77)38(73)43(79-21-59)27(19-64)85-51/h7,22-53,60-77H,2,6,8-21H2,1,3-5H3/t22?,23?,24?,25?,26?,27?,28?,29-,30?,31?,32?,33?,34?,35?,36?,37?,38?,39?,40?,41?,42?,43?,44?,45?,46?,47?,48?,49?,50?,51?,52?,53?,55+,56+,57-,58-/m0/s1. The number of carbonyl (C=O) groups is 1. The van der Waals surface area contributed by atoms with Crippen molar-refractivity contribution >= 4 is 28.6 Å². The zero-order valence-corrected chi connectivity index (χ0v) is 53.2. The van der Waals surface area contributed by atoms with Gasteiger partial charge in [0, 0.05) is 0 Å². The van der Waals surface area contributed by atoms with E-state index in [-0.39, 0.29) is 23.4 Å². The van der Waals surface area contributed by atoms with Crippen LogP contribution in [0.2, 0.25) is 0 Å². The highest BCUT2D eigenvalue weighted by Crippen LogP contribution is 2.70. The maximum atomic E-state index is 15.4. The first-order valence-electron chi connectivity index (χ1n) is 31.2. The second-order valence-corrected chi connectivity index (χ2v) is 27.1. The lowest BCUT2D eigenvalue weighted by Gasteiger charge is -2.66. The summed E-state index contributed by atoms with van der Waals surface area (Å²) in [6.07, 6.45) is -47.2. The molecule has 0 aromatic rings. The minimum Gasteiger partial charge on any atom is -0.432 e. The molecule has 9 aliphatic rings. The number of halogens is 1. The van der Waals surface area contributed by atoms with Crippen molar-refractivity contribution in [1.29, 1.82) is 0 Å². The molecule has 3 saturated carbocycles. The van der Waals surface area contributed by atoms with Crippen LogP contribution in [-0.4, -0.2) is 325 Å². The highest BCUT2D eigenvalue weighted by atomic mass is 127. The van der Waals surface area contributed by atoms with E-state index in [9.17, 15) is 91.9 Å². The Bertz CT molecular complexity index is 2370. The van der Waals surface area contributed by atoms with Crippen molar-refractivity contribution in [2.45, 2.75) is 275 Å². The molecule has 9 rings (SSSR count). The van der Waals surface area contributed by atoms with E-state index < -0.39 is 251 Å². The molecule has 32 nitrogen and oxygen atoms in total. The molecular weight excluding hydrogens is 1340 g/mol. The van der Waals surface area contributed by atoms with Crippen molar-refractivity contribution in [3.8, 4) is 0 Å². The van der Waals surface area contributed by atoms with Crippen molar-refractivity contribution in [2.75, 3.05) is 37.6 Å². The van der Waals surface area contributed by atoms with Gasteiger partial charge in [-0.15, -0.1) is 6.58 Å². The van der Waals surface area contributed by atoms with Crippen LogP contribution in [0.25, 0.3) is 0 Å². The zero-order valence-electron chi connectivity index (χ0n) is 51.0. The van der Waals surface area contributed by atoms with E-state index >= 15 is 4.79 Å². The predicted octanol–water partition coefficient (Wildman–Crippen LogP) is -6.39. The molecular formula is C58H95IO32. The van der Waals surface area contributed by atoms with Gasteiger partial charge in [0.05, 0.1) is 54.8 Å². The summed E-state index contributed by atoms with van der Waals surface area (Å²) in [5, 5.41) is 196. The summed E-state index contributed by atoms with van der Waals surface area (Å²) in [4.78, 5) is 15.4. The first-order chi connectivity index (χ1) is 43.1. The van der Waals surface area contributed by atoms with Crippen molar-refractivity contribution in [1.82, 2.24) is 0 Å². The van der Waals surface area contributed by atoms with Gasteiger partial charge in [-0.1, -0.05) is 55.4 Å². The van der Waals surface area contributed by atoms with Gasteiger partial charge in [-0.25, -0.2) is 0 Å². The number of aliphatic hydroxyl groups excluding tert-OH is 18. The Kier molecular flexibility index (Phi) is 24.4. The number of carbonyl (C=O) groups excluding carboxylic acids is 1. The van der Waals surface area contributed by atoms with E-state index in [4.69, 9.17) is 61.6 Å². The van der Waals surface area contributed by atoms with Crippen molar-refractivity contribution in [2.24, 2.45) is 28.1 Å². The third kappa shape index (κ3) is 14.0. The maximum absolute atomic E-state index is 15.4. The number of rotatable bonds is 21. The third-order valence-corrected chi connectivity index (χ3v) is 21.8. The SMILES string of the molecule is C=C[C@]1(OC2OC(CO)C(O)C(OC3OC(CO)C(OCI)C(O)C3O)C2OC2OC(CO)C(O)C(O)C2O)CC[C@@H]2[C@@](CC)(CCC3[C@](C)(C(=O)OC4OC(CO)C(O)C(OC5OC(CO)C(O)C(O)C5O)C4OC4OC(C)C(O)C(O)C4O)CCC[C@]32C)C1. The fraction of sp³-hybridized carbons (Fsp3) is 0.948. The highest BCUT2D eigenvalue weighted by Gasteiger charge is 2.67. The maximum Gasteiger partial charge on any atom is 0.314 e. The smallest absolute Gasteiger partial charge is 0.314 e. The van der Waals surface area contributed by atoms with Gasteiger partial charge in [-0.05, 0) is 81.5 Å². The Morgan fingerprint density at radius 2 is 0.923 bits per heavy atom. The molecule has 36 atom stereocenters. The molecule has 0 aromatic heterocycles. The molecule has 18 N–H and O–H groups in total. The van der Waals surface area contributed by atoms with Gasteiger partial charge in [0.1, 0.15) is 134 Å². The molecule has 6 heterocycles. The molecule has 91 heavy (non-hydrogen) atoms. The van der Waals surface area contributed by atoms with Crippen molar-refractivity contribution in [3.63, 3.8) is 0 Å². The van der Waals surface area contributed by atoms with Crippen LogP contribution in [-0.2, 0) is 66.4 Å². The number of aliphatic hydroxyl groups is 18. The third-order valence-electron chi connectivity index (χ3n) is 21.4. The quantitative estimate of drug-likeness (QED) is 0.0167. The average Bonchev–Trinajstić information content (AvgIpc) is 0.702. The summed E-state index contributed by atoms with van der Waals surface area (Å²) in [6.45, 7) is 7.31. The first kappa shape index (κ1) is 74.0. The Labute approximate surface area is 538 Å². The molecule has 0 radical (unpaired) electrons. The number of fused-ring (bicyclic) bond motifs is 3. The number of hydrogen-bond acceptors (Lipinski definition) is 32.